The van der Waals surface area contributed by atoms with Crippen molar-refractivity contribution in [3.05, 3.63) is 71.8 Å². The van der Waals surface area contributed by atoms with Gasteiger partial charge in [0.25, 0.3) is 5.91 Å². The lowest BCUT2D eigenvalue weighted by Gasteiger charge is -2.13. The average Bonchev–Trinajstić information content (AvgIpc) is 2.70. The van der Waals surface area contributed by atoms with Crippen LogP contribution < -0.4 is 10.1 Å². The van der Waals surface area contributed by atoms with E-state index in [0.29, 0.717) is 5.56 Å². The lowest BCUT2D eigenvalue weighted by atomic mass is 10.1. The predicted octanol–water partition coefficient (Wildman–Crippen LogP) is 3.98. The van der Waals surface area contributed by atoms with Gasteiger partial charge in [-0.05, 0) is 49.1 Å². The summed E-state index contributed by atoms with van der Waals surface area (Å²) in [5, 5.41) is 2.79. The third kappa shape index (κ3) is 9.01. The Labute approximate surface area is 168 Å². The first-order chi connectivity index (χ1) is 13.9. The third-order valence-electron chi connectivity index (χ3n) is 3.98. The predicted molar refractivity (Wildman–Crippen MR) is 105 cm³/mol. The van der Waals surface area contributed by atoms with Gasteiger partial charge in [-0.1, -0.05) is 42.5 Å². The minimum atomic E-state index is -2.89. The molecule has 1 N–H and O–H groups in total. The van der Waals surface area contributed by atoms with Gasteiger partial charge < -0.3 is 14.8 Å². The molecule has 2 aromatic rings. The molecule has 0 aliphatic carbocycles. The average molecular weight is 403 g/mol. The zero-order valence-electron chi connectivity index (χ0n) is 16.0. The van der Waals surface area contributed by atoms with Crippen molar-refractivity contribution in [2.24, 2.45) is 0 Å². The Bertz CT molecular complexity index is 807. The maximum absolute atomic E-state index is 12.1. The largest absolute Gasteiger partial charge is 0.452 e. The molecule has 0 spiro atoms. The highest BCUT2D eigenvalue weighted by Crippen LogP contribution is 2.15. The molecule has 0 fully saturated rings. The van der Waals surface area contributed by atoms with Crippen LogP contribution >= 0.6 is 0 Å². The monoisotopic (exact) mass is 403 g/mol. The summed E-state index contributed by atoms with van der Waals surface area (Å²) in [5.41, 5.74) is 1.79. The summed E-state index contributed by atoms with van der Waals surface area (Å²) in [7, 11) is 0. The van der Waals surface area contributed by atoms with E-state index in [9.17, 15) is 18.4 Å². The van der Waals surface area contributed by atoms with E-state index in [2.05, 4.69) is 10.1 Å². The Balaban J connectivity index is 1.68. The van der Waals surface area contributed by atoms with Gasteiger partial charge in [-0.3, -0.25) is 4.79 Å². The Hall–Kier alpha value is -3.22. The van der Waals surface area contributed by atoms with Crippen molar-refractivity contribution in [1.82, 2.24) is 5.32 Å². The number of nitrogens with one attached hydrogen (secondary N) is 1. The number of aryl methyl sites for hydroxylation is 1. The second kappa shape index (κ2) is 11.6. The first-order valence-corrected chi connectivity index (χ1v) is 9.15. The van der Waals surface area contributed by atoms with Crippen LogP contribution in [0.3, 0.4) is 0 Å². The van der Waals surface area contributed by atoms with Crippen LogP contribution in [0.2, 0.25) is 0 Å². The van der Waals surface area contributed by atoms with Crippen LogP contribution in [0.4, 0.5) is 8.78 Å². The normalized spacial score (nSPS) is 12.0. The molecule has 0 unspecified atom stereocenters. The van der Waals surface area contributed by atoms with Crippen LogP contribution in [0.5, 0.6) is 5.75 Å². The number of esters is 1. The van der Waals surface area contributed by atoms with Gasteiger partial charge in [0, 0.05) is 12.1 Å². The molecule has 0 aromatic heterocycles. The fraction of sp³-hybridized carbons (Fsp3) is 0.273. The molecule has 0 heterocycles. The van der Waals surface area contributed by atoms with Crippen molar-refractivity contribution >= 4 is 18.0 Å². The van der Waals surface area contributed by atoms with E-state index in [1.54, 1.807) is 0 Å². The summed E-state index contributed by atoms with van der Waals surface area (Å²) in [4.78, 5) is 23.6. The SMILES string of the molecule is C[C@H](CCc1ccccc1)NC(=O)COC(=O)/C=C/c1ccc(OC(F)F)cc1. The fourth-order valence-electron chi connectivity index (χ4n) is 2.53. The molecule has 2 rings (SSSR count). The number of carbonyl (C=O) groups is 2. The van der Waals surface area contributed by atoms with Crippen molar-refractivity contribution in [2.45, 2.75) is 32.4 Å². The maximum atomic E-state index is 12.1. The number of rotatable bonds is 10. The minimum Gasteiger partial charge on any atom is -0.452 e. The minimum absolute atomic E-state index is 0.0257. The topological polar surface area (TPSA) is 64.6 Å². The zero-order valence-corrected chi connectivity index (χ0v) is 16.0. The zero-order chi connectivity index (χ0) is 21.1. The van der Waals surface area contributed by atoms with Crippen LogP contribution in [-0.2, 0) is 20.7 Å². The number of ether oxygens (including phenoxy) is 2. The number of amides is 1. The molecular weight excluding hydrogens is 380 g/mol. The van der Waals surface area contributed by atoms with E-state index >= 15 is 0 Å². The molecule has 5 nitrogen and oxygen atoms in total. The van der Waals surface area contributed by atoms with Gasteiger partial charge in [0.15, 0.2) is 6.61 Å². The molecule has 1 amide bonds. The molecule has 154 valence electrons. The second-order valence-electron chi connectivity index (χ2n) is 6.38. The first-order valence-electron chi connectivity index (χ1n) is 9.15. The summed E-state index contributed by atoms with van der Waals surface area (Å²) in [6.07, 6.45) is 4.23. The molecular formula is C22H23F2NO4. The van der Waals surface area contributed by atoms with Gasteiger partial charge in [0.1, 0.15) is 5.75 Å². The summed E-state index contributed by atoms with van der Waals surface area (Å²) in [6, 6.07) is 15.7. The lowest BCUT2D eigenvalue weighted by Crippen LogP contribution is -2.36. The maximum Gasteiger partial charge on any atom is 0.387 e. The molecule has 0 bridgehead atoms. The quantitative estimate of drug-likeness (QED) is 0.481. The highest BCUT2D eigenvalue weighted by Gasteiger charge is 2.09. The molecule has 0 radical (unpaired) electrons. The van der Waals surface area contributed by atoms with Gasteiger partial charge in [0.05, 0.1) is 0 Å². The number of halogens is 2. The van der Waals surface area contributed by atoms with Crippen molar-refractivity contribution in [3.8, 4) is 5.75 Å². The Morgan fingerprint density at radius 3 is 2.41 bits per heavy atom. The Kier molecular flexibility index (Phi) is 8.82. The van der Waals surface area contributed by atoms with Crippen molar-refractivity contribution in [1.29, 1.82) is 0 Å². The van der Waals surface area contributed by atoms with Crippen LogP contribution in [0.15, 0.2) is 60.7 Å². The van der Waals surface area contributed by atoms with E-state index < -0.39 is 12.6 Å². The van der Waals surface area contributed by atoms with E-state index in [4.69, 9.17) is 4.74 Å². The van der Waals surface area contributed by atoms with Gasteiger partial charge >= 0.3 is 12.6 Å². The molecule has 0 saturated heterocycles. The van der Waals surface area contributed by atoms with E-state index in [1.165, 1.54) is 35.9 Å². The number of hydrogen-bond acceptors (Lipinski definition) is 4. The van der Waals surface area contributed by atoms with E-state index in [-0.39, 0.29) is 24.3 Å². The number of benzene rings is 2. The molecule has 2 aromatic carbocycles. The standard InChI is InChI=1S/C22H23F2NO4/c1-16(7-8-17-5-3-2-4-6-17)25-20(26)15-28-21(27)14-11-18-9-12-19(13-10-18)29-22(23)24/h2-6,9-14,16,22H,7-8,15H2,1H3,(H,25,26)/b14-11+/t16-/m1/s1. The molecule has 0 saturated carbocycles. The van der Waals surface area contributed by atoms with Crippen molar-refractivity contribution < 1.29 is 27.8 Å². The highest BCUT2D eigenvalue weighted by atomic mass is 19.3. The first kappa shape index (κ1) is 22.1. The van der Waals surface area contributed by atoms with Crippen molar-refractivity contribution in [3.63, 3.8) is 0 Å². The smallest absolute Gasteiger partial charge is 0.387 e. The van der Waals surface area contributed by atoms with Gasteiger partial charge in [-0.25, -0.2) is 4.79 Å². The van der Waals surface area contributed by atoms with Gasteiger partial charge in [-0.2, -0.15) is 8.78 Å². The fourth-order valence-corrected chi connectivity index (χ4v) is 2.53. The molecule has 0 aliphatic rings. The van der Waals surface area contributed by atoms with E-state index in [0.717, 1.165) is 18.9 Å². The molecule has 0 aliphatic heterocycles. The van der Waals surface area contributed by atoms with Gasteiger partial charge in [0.2, 0.25) is 0 Å². The number of alkyl halides is 2. The van der Waals surface area contributed by atoms with Crippen molar-refractivity contribution in [2.75, 3.05) is 6.61 Å². The lowest BCUT2D eigenvalue weighted by molar-refractivity contribution is -0.144. The summed E-state index contributed by atoms with van der Waals surface area (Å²) >= 11 is 0. The number of carbonyl (C=O) groups excluding carboxylic acids is 2. The Morgan fingerprint density at radius 1 is 1.07 bits per heavy atom. The summed E-state index contributed by atoms with van der Waals surface area (Å²) in [6.45, 7) is -1.37. The third-order valence-corrected chi connectivity index (χ3v) is 3.98. The Morgan fingerprint density at radius 2 is 1.76 bits per heavy atom. The van der Waals surface area contributed by atoms with Crippen LogP contribution in [0.25, 0.3) is 6.08 Å². The van der Waals surface area contributed by atoms with Crippen LogP contribution in [0.1, 0.15) is 24.5 Å². The second-order valence-corrected chi connectivity index (χ2v) is 6.38. The molecule has 29 heavy (non-hydrogen) atoms. The molecule has 7 heteroatoms. The number of hydrogen-bond donors (Lipinski definition) is 1. The van der Waals surface area contributed by atoms with Crippen LogP contribution in [0, 0.1) is 0 Å². The van der Waals surface area contributed by atoms with Crippen LogP contribution in [-0.4, -0.2) is 31.1 Å². The van der Waals surface area contributed by atoms with E-state index in [1.807, 2.05) is 37.3 Å². The molecule has 1 atom stereocenters. The highest BCUT2D eigenvalue weighted by molar-refractivity contribution is 5.89. The van der Waals surface area contributed by atoms with Gasteiger partial charge in [-0.15, -0.1) is 0 Å². The summed E-state index contributed by atoms with van der Waals surface area (Å²) in [5.74, 6) is -1.02. The summed E-state index contributed by atoms with van der Waals surface area (Å²) < 4.78 is 33.3.